The Kier molecular flexibility index (Phi) is 5.12. The van der Waals surface area contributed by atoms with Gasteiger partial charge in [0, 0.05) is 12.6 Å². The summed E-state index contributed by atoms with van der Waals surface area (Å²) in [5.74, 6) is 1.13. The fourth-order valence-electron chi connectivity index (χ4n) is 1.38. The van der Waals surface area contributed by atoms with E-state index in [0.717, 1.165) is 5.57 Å². The fraction of sp³-hybridized carbons (Fsp3) is 0.462. The monoisotopic (exact) mass is 261 g/mol. The smallest absolute Gasteiger partial charge is 0.238 e. The molecule has 1 heterocycles. The Morgan fingerprint density at radius 3 is 2.63 bits per heavy atom. The van der Waals surface area contributed by atoms with Crippen LogP contribution in [-0.4, -0.2) is 29.7 Å². The predicted molar refractivity (Wildman–Crippen MR) is 75.4 cm³/mol. The first-order chi connectivity index (χ1) is 8.97. The van der Waals surface area contributed by atoms with Crippen molar-refractivity contribution in [1.29, 1.82) is 5.26 Å². The zero-order valence-corrected chi connectivity index (χ0v) is 11.7. The van der Waals surface area contributed by atoms with Gasteiger partial charge in [0.2, 0.25) is 11.8 Å². The molecule has 0 atom stereocenters. The molecule has 1 aromatic rings. The van der Waals surface area contributed by atoms with Crippen LogP contribution in [0.2, 0.25) is 0 Å². The normalized spacial score (nSPS) is 9.89. The van der Waals surface area contributed by atoms with E-state index in [4.69, 9.17) is 10.00 Å². The molecule has 0 aliphatic heterocycles. The van der Waals surface area contributed by atoms with Crippen molar-refractivity contribution in [2.75, 3.05) is 24.3 Å². The van der Waals surface area contributed by atoms with Gasteiger partial charge in [-0.1, -0.05) is 12.2 Å². The van der Waals surface area contributed by atoms with Crippen molar-refractivity contribution in [2.24, 2.45) is 0 Å². The summed E-state index contributed by atoms with van der Waals surface area (Å²) in [6.45, 7) is 10.2. The summed E-state index contributed by atoms with van der Waals surface area (Å²) in [5, 5.41) is 15.3. The van der Waals surface area contributed by atoms with Crippen LogP contribution in [0, 0.1) is 11.3 Å². The molecule has 0 radical (unpaired) electrons. The lowest BCUT2D eigenvalue weighted by Crippen LogP contribution is -2.15. The lowest BCUT2D eigenvalue weighted by molar-refractivity contribution is 0.396. The molecule has 0 saturated heterocycles. The molecule has 0 aliphatic rings. The van der Waals surface area contributed by atoms with Crippen molar-refractivity contribution in [3.8, 4) is 11.9 Å². The maximum atomic E-state index is 9.17. The second-order valence-electron chi connectivity index (χ2n) is 4.50. The molecule has 0 aliphatic carbocycles. The topological polar surface area (TPSA) is 82.9 Å². The molecule has 0 spiro atoms. The number of ether oxygens (including phenoxy) is 1. The number of hydrogen-bond donors (Lipinski definition) is 2. The van der Waals surface area contributed by atoms with Gasteiger partial charge in [-0.05, 0) is 20.8 Å². The van der Waals surface area contributed by atoms with Crippen LogP contribution >= 0.6 is 0 Å². The molecule has 102 valence electrons. The van der Waals surface area contributed by atoms with Crippen LogP contribution in [0.1, 0.15) is 26.3 Å². The molecule has 2 N–H and O–H groups in total. The maximum absolute atomic E-state index is 9.17. The summed E-state index contributed by atoms with van der Waals surface area (Å²) in [6.07, 6.45) is 0. The Bertz CT molecular complexity index is 504. The van der Waals surface area contributed by atoms with Gasteiger partial charge in [0.05, 0.1) is 7.11 Å². The Balaban J connectivity index is 3.14. The van der Waals surface area contributed by atoms with Crippen LogP contribution in [0.15, 0.2) is 12.2 Å². The summed E-state index contributed by atoms with van der Waals surface area (Å²) >= 11 is 0. The Labute approximate surface area is 113 Å². The van der Waals surface area contributed by atoms with Crippen LogP contribution in [-0.2, 0) is 0 Å². The average Bonchev–Trinajstić information content (AvgIpc) is 2.34. The van der Waals surface area contributed by atoms with E-state index in [1.807, 2.05) is 20.8 Å². The SMILES string of the molecule is C=C(C)CNc1nc(NC(C)C)c(C#N)c(OC)n1. The first-order valence-electron chi connectivity index (χ1n) is 5.98. The molecule has 1 rings (SSSR count). The van der Waals surface area contributed by atoms with Gasteiger partial charge in [-0.2, -0.15) is 15.2 Å². The van der Waals surface area contributed by atoms with Crippen LogP contribution in [0.4, 0.5) is 11.8 Å². The van der Waals surface area contributed by atoms with Gasteiger partial charge >= 0.3 is 0 Å². The summed E-state index contributed by atoms with van der Waals surface area (Å²) in [4.78, 5) is 8.44. The molecule has 0 saturated carbocycles. The van der Waals surface area contributed by atoms with Gasteiger partial charge in [0.15, 0.2) is 11.4 Å². The van der Waals surface area contributed by atoms with E-state index in [-0.39, 0.29) is 11.9 Å². The molecule has 6 heteroatoms. The molecule has 0 bridgehead atoms. The number of rotatable bonds is 6. The quantitative estimate of drug-likeness (QED) is 0.764. The maximum Gasteiger partial charge on any atom is 0.238 e. The van der Waals surface area contributed by atoms with Gasteiger partial charge in [0.25, 0.3) is 0 Å². The number of aromatic nitrogens is 2. The number of nitrogens with one attached hydrogen (secondary N) is 2. The number of nitrogens with zero attached hydrogens (tertiary/aromatic N) is 3. The standard InChI is InChI=1S/C13H19N5O/c1-8(2)7-15-13-17-11(16-9(3)4)10(6-14)12(18-13)19-5/h9H,1,7H2,2-5H3,(H2,15,16,17,18). The highest BCUT2D eigenvalue weighted by Gasteiger charge is 2.15. The zero-order chi connectivity index (χ0) is 14.4. The highest BCUT2D eigenvalue weighted by atomic mass is 16.5. The minimum absolute atomic E-state index is 0.153. The van der Waals surface area contributed by atoms with E-state index in [1.165, 1.54) is 7.11 Å². The van der Waals surface area contributed by atoms with E-state index in [2.05, 4.69) is 33.2 Å². The number of nitriles is 1. The van der Waals surface area contributed by atoms with Crippen LogP contribution in [0.3, 0.4) is 0 Å². The van der Waals surface area contributed by atoms with E-state index in [1.54, 1.807) is 0 Å². The van der Waals surface area contributed by atoms with Crippen LogP contribution < -0.4 is 15.4 Å². The first-order valence-corrected chi connectivity index (χ1v) is 5.98. The lowest BCUT2D eigenvalue weighted by atomic mass is 10.3. The Morgan fingerprint density at radius 1 is 1.47 bits per heavy atom. The Morgan fingerprint density at radius 2 is 2.16 bits per heavy atom. The third-order valence-corrected chi connectivity index (χ3v) is 2.15. The third-order valence-electron chi connectivity index (χ3n) is 2.15. The molecule has 19 heavy (non-hydrogen) atoms. The van der Waals surface area contributed by atoms with Crippen molar-refractivity contribution in [3.63, 3.8) is 0 Å². The summed E-state index contributed by atoms with van der Waals surface area (Å²) in [6, 6.07) is 2.21. The van der Waals surface area contributed by atoms with Crippen molar-refractivity contribution in [2.45, 2.75) is 26.8 Å². The predicted octanol–water partition coefficient (Wildman–Crippen LogP) is 2.17. The summed E-state index contributed by atoms with van der Waals surface area (Å²) in [7, 11) is 1.48. The molecule has 0 amide bonds. The highest BCUT2D eigenvalue weighted by molar-refractivity contribution is 5.60. The van der Waals surface area contributed by atoms with E-state index in [0.29, 0.717) is 23.9 Å². The van der Waals surface area contributed by atoms with Gasteiger partial charge < -0.3 is 15.4 Å². The molecule has 6 nitrogen and oxygen atoms in total. The first kappa shape index (κ1) is 14.8. The highest BCUT2D eigenvalue weighted by Crippen LogP contribution is 2.24. The van der Waals surface area contributed by atoms with Gasteiger partial charge in [-0.3, -0.25) is 0 Å². The fourth-order valence-corrected chi connectivity index (χ4v) is 1.38. The minimum Gasteiger partial charge on any atom is -0.480 e. The molecular formula is C13H19N5O. The van der Waals surface area contributed by atoms with Crippen molar-refractivity contribution < 1.29 is 4.74 Å². The summed E-state index contributed by atoms with van der Waals surface area (Å²) < 4.78 is 5.13. The molecule has 1 aromatic heterocycles. The van der Waals surface area contributed by atoms with Crippen LogP contribution in [0.25, 0.3) is 0 Å². The van der Waals surface area contributed by atoms with E-state index >= 15 is 0 Å². The average molecular weight is 261 g/mol. The van der Waals surface area contributed by atoms with E-state index < -0.39 is 0 Å². The molecular weight excluding hydrogens is 242 g/mol. The van der Waals surface area contributed by atoms with Gasteiger partial charge in [-0.15, -0.1) is 0 Å². The van der Waals surface area contributed by atoms with E-state index in [9.17, 15) is 0 Å². The number of methoxy groups -OCH3 is 1. The molecule has 0 aromatic carbocycles. The van der Waals surface area contributed by atoms with Crippen LogP contribution in [0.5, 0.6) is 5.88 Å². The minimum atomic E-state index is 0.153. The second-order valence-corrected chi connectivity index (χ2v) is 4.50. The lowest BCUT2D eigenvalue weighted by Gasteiger charge is -2.14. The third kappa shape index (κ3) is 4.14. The Hall–Kier alpha value is -2.29. The number of hydrogen-bond acceptors (Lipinski definition) is 6. The zero-order valence-electron chi connectivity index (χ0n) is 11.7. The van der Waals surface area contributed by atoms with Crippen molar-refractivity contribution in [1.82, 2.24) is 9.97 Å². The van der Waals surface area contributed by atoms with Gasteiger partial charge in [-0.25, -0.2) is 0 Å². The molecule has 0 unspecified atom stereocenters. The summed E-state index contributed by atoms with van der Waals surface area (Å²) in [5.41, 5.74) is 1.27. The molecule has 0 fully saturated rings. The second kappa shape index (κ2) is 6.59. The number of anilines is 2. The largest absolute Gasteiger partial charge is 0.480 e. The van der Waals surface area contributed by atoms with Gasteiger partial charge in [0.1, 0.15) is 6.07 Å². The van der Waals surface area contributed by atoms with Crippen molar-refractivity contribution in [3.05, 3.63) is 17.7 Å². The van der Waals surface area contributed by atoms with Crippen molar-refractivity contribution >= 4 is 11.8 Å².